The molecule has 0 atom stereocenters. The minimum absolute atomic E-state index is 0.0878. The molecule has 2 aromatic rings. The Morgan fingerprint density at radius 3 is 3.17 bits per heavy atom. The molecular weight excluding hydrogens is 286 g/mol. The predicted octanol–water partition coefficient (Wildman–Crippen LogP) is -1.16. The van der Waals surface area contributed by atoms with Crippen molar-refractivity contribution < 1.29 is 0 Å². The zero-order valence-electron chi connectivity index (χ0n) is 5.85. The molecule has 0 aliphatic carbocycles. The summed E-state index contributed by atoms with van der Waals surface area (Å²) in [7, 11) is 0. The van der Waals surface area contributed by atoms with Crippen molar-refractivity contribution in [2.24, 2.45) is 0 Å². The summed E-state index contributed by atoms with van der Waals surface area (Å²) >= 11 is 2.85. The van der Waals surface area contributed by atoms with E-state index in [1.807, 2.05) is 0 Å². The van der Waals surface area contributed by atoms with Gasteiger partial charge in [-0.1, -0.05) is 0 Å². The van der Waals surface area contributed by atoms with Crippen LogP contribution < -0.4 is 9.03 Å². The topological polar surface area (TPSA) is 42.9 Å². The van der Waals surface area contributed by atoms with Gasteiger partial charge in [0.15, 0.2) is 0 Å². The maximum atomic E-state index is 11.3. The molecule has 3 nitrogen and oxygen atoms in total. The van der Waals surface area contributed by atoms with Crippen LogP contribution in [0.3, 0.4) is 0 Å². The number of hydrogen-bond donors (Lipinski definition) is 0. The van der Waals surface area contributed by atoms with Crippen molar-refractivity contribution in [3.63, 3.8) is 0 Å². The van der Waals surface area contributed by atoms with E-state index in [4.69, 9.17) is 0 Å². The van der Waals surface area contributed by atoms with Crippen molar-refractivity contribution in [1.82, 2.24) is 9.97 Å². The average Bonchev–Trinajstić information content (AvgIpc) is 2.04. The number of hydrogen-bond acceptors (Lipinski definition) is 3. The third-order valence-electron chi connectivity index (χ3n) is 1.38. The van der Waals surface area contributed by atoms with Gasteiger partial charge in [-0.3, -0.25) is 0 Å². The van der Waals surface area contributed by atoms with Crippen molar-refractivity contribution >= 4 is 43.8 Å². The van der Waals surface area contributed by atoms with E-state index in [1.165, 1.54) is 0 Å². The first-order valence-corrected chi connectivity index (χ1v) is 5.77. The Hall–Kier alpha value is -0.471. The van der Waals surface area contributed by atoms with Gasteiger partial charge in [0.05, 0.1) is 0 Å². The van der Waals surface area contributed by atoms with Gasteiger partial charge in [0.25, 0.3) is 0 Å². The van der Waals surface area contributed by atoms with E-state index in [0.29, 0.717) is 5.39 Å². The monoisotopic (exact) mass is 291 g/mol. The Morgan fingerprint density at radius 2 is 2.33 bits per heavy atom. The molecule has 0 fully saturated rings. The van der Waals surface area contributed by atoms with Crippen molar-refractivity contribution in [2.75, 3.05) is 0 Å². The predicted molar refractivity (Wildman–Crippen MR) is 48.1 cm³/mol. The molecule has 0 aliphatic rings. The van der Waals surface area contributed by atoms with Crippen LogP contribution in [0.5, 0.6) is 0 Å². The van der Waals surface area contributed by atoms with Gasteiger partial charge in [0.2, 0.25) is 0 Å². The third kappa shape index (κ3) is 1.37. The third-order valence-corrected chi connectivity index (χ3v) is 4.12. The van der Waals surface area contributed by atoms with Gasteiger partial charge in [0.1, 0.15) is 0 Å². The van der Waals surface area contributed by atoms with Crippen LogP contribution in [0.4, 0.5) is 0 Å². The second-order valence-corrected chi connectivity index (χ2v) is 6.31. The fourth-order valence-electron chi connectivity index (χ4n) is 0.884. The molecule has 12 heavy (non-hydrogen) atoms. The minimum atomic E-state index is -0.181. The Labute approximate surface area is 82.4 Å². The van der Waals surface area contributed by atoms with Crippen LogP contribution in [0.2, 0.25) is 0 Å². The molecule has 0 bridgehead atoms. The zero-order chi connectivity index (χ0) is 8.55. The zero-order valence-corrected chi connectivity index (χ0v) is 9.28. The van der Waals surface area contributed by atoms with Crippen LogP contribution in [0, 0.1) is 0 Å². The molecule has 0 saturated heterocycles. The standard InChI is InChI=1S/C7H3N2OSe2/c10-5-4-2-1-3-8-6(4)12-7(11)9-5/h1-3H. The fourth-order valence-corrected chi connectivity index (χ4v) is 3.33. The second kappa shape index (κ2) is 3.11. The second-order valence-electron chi connectivity index (χ2n) is 2.14. The SMILES string of the molecule is O=c1nc([Se])[se]c2ncccc12. The van der Waals surface area contributed by atoms with E-state index < -0.39 is 0 Å². The summed E-state index contributed by atoms with van der Waals surface area (Å²) in [5.41, 5.74) is -0.181. The van der Waals surface area contributed by atoms with Gasteiger partial charge in [-0.25, -0.2) is 0 Å². The molecule has 2 rings (SSSR count). The molecule has 0 N–H and O–H groups in total. The van der Waals surface area contributed by atoms with Crippen LogP contribution in [-0.2, 0) is 0 Å². The van der Waals surface area contributed by atoms with Crippen LogP contribution in [0.25, 0.3) is 9.78 Å². The van der Waals surface area contributed by atoms with Gasteiger partial charge in [-0.2, -0.15) is 0 Å². The maximum absolute atomic E-state index is 11.3. The van der Waals surface area contributed by atoms with Gasteiger partial charge in [-0.15, -0.1) is 0 Å². The summed E-state index contributed by atoms with van der Waals surface area (Å²) < 4.78 is 1.65. The first kappa shape index (κ1) is 8.14. The molecule has 59 valence electrons. The average molecular weight is 289 g/mol. The number of nitrogens with zero attached hydrogens (tertiary/aromatic N) is 2. The molecule has 0 aliphatic heterocycles. The molecule has 0 unspecified atom stereocenters. The van der Waals surface area contributed by atoms with Crippen molar-refractivity contribution in [3.05, 3.63) is 28.7 Å². The Morgan fingerprint density at radius 1 is 1.50 bits per heavy atom. The number of rotatable bonds is 0. The summed E-state index contributed by atoms with van der Waals surface area (Å²) in [5, 5.41) is 0.650. The molecule has 0 aromatic carbocycles. The summed E-state index contributed by atoms with van der Waals surface area (Å²) in [6.45, 7) is 0. The van der Waals surface area contributed by atoms with E-state index >= 15 is 0 Å². The quantitative estimate of drug-likeness (QED) is 0.575. The van der Waals surface area contributed by atoms with Crippen molar-refractivity contribution in [3.8, 4) is 0 Å². The van der Waals surface area contributed by atoms with Gasteiger partial charge in [-0.05, 0) is 0 Å². The Kier molecular flexibility index (Phi) is 2.11. The van der Waals surface area contributed by atoms with Gasteiger partial charge < -0.3 is 0 Å². The van der Waals surface area contributed by atoms with E-state index in [2.05, 4.69) is 26.0 Å². The molecule has 0 spiro atoms. The number of pyridine rings is 1. The summed E-state index contributed by atoms with van der Waals surface area (Å²) in [6.07, 6.45) is 1.70. The Bertz CT molecular complexity index is 480. The van der Waals surface area contributed by atoms with E-state index in [1.54, 1.807) is 18.3 Å². The van der Waals surface area contributed by atoms with Gasteiger partial charge >= 0.3 is 82.4 Å². The molecule has 0 amide bonds. The molecule has 0 saturated carbocycles. The normalized spacial score (nSPS) is 10.3. The van der Waals surface area contributed by atoms with Crippen LogP contribution in [0.1, 0.15) is 0 Å². The van der Waals surface area contributed by atoms with E-state index in [0.717, 1.165) is 7.86 Å². The van der Waals surface area contributed by atoms with E-state index in [9.17, 15) is 4.79 Å². The van der Waals surface area contributed by atoms with E-state index in [-0.39, 0.29) is 20.1 Å². The Balaban J connectivity index is 2.99. The first-order chi connectivity index (χ1) is 5.77. The van der Waals surface area contributed by atoms with Gasteiger partial charge in [0, 0.05) is 0 Å². The van der Waals surface area contributed by atoms with Crippen molar-refractivity contribution in [1.29, 1.82) is 0 Å². The van der Waals surface area contributed by atoms with Crippen LogP contribution in [-0.4, -0.2) is 40.5 Å². The molecule has 2 aromatic heterocycles. The first-order valence-electron chi connectivity index (χ1n) is 3.20. The summed E-state index contributed by atoms with van der Waals surface area (Å²) in [5.74, 6) is 0. The summed E-state index contributed by atoms with van der Waals surface area (Å²) in [4.78, 5) is 19.2. The number of aromatic nitrogens is 2. The van der Waals surface area contributed by atoms with Crippen molar-refractivity contribution in [2.45, 2.75) is 0 Å². The summed E-state index contributed by atoms with van der Waals surface area (Å²) in [6, 6.07) is 3.52. The van der Waals surface area contributed by atoms with Crippen LogP contribution in [0.15, 0.2) is 23.1 Å². The molecular formula is C7H3N2OSe2. The fraction of sp³-hybridized carbons (Fsp3) is 0. The molecule has 2 heterocycles. The van der Waals surface area contributed by atoms with Crippen LogP contribution >= 0.6 is 0 Å². The number of fused-ring (bicyclic) bond motifs is 1. The molecule has 5 heteroatoms. The molecule has 1 radical (unpaired) electrons.